The van der Waals surface area contributed by atoms with Crippen LogP contribution in [0.1, 0.15) is 0 Å². The van der Waals surface area contributed by atoms with Crippen molar-refractivity contribution in [1.29, 1.82) is 0 Å². The second-order valence-corrected chi connectivity index (χ2v) is 5.33. The first-order chi connectivity index (χ1) is 5.70. The van der Waals surface area contributed by atoms with Crippen molar-refractivity contribution in [2.75, 3.05) is 0 Å². The van der Waals surface area contributed by atoms with Crippen molar-refractivity contribution in [2.45, 2.75) is 0 Å². The predicted octanol–water partition coefficient (Wildman–Crippen LogP) is 2.35. The minimum atomic E-state index is -0.308. The van der Waals surface area contributed by atoms with Crippen molar-refractivity contribution in [3.8, 4) is 0 Å². The fourth-order valence-corrected chi connectivity index (χ4v) is 3.51. The monoisotopic (exact) mass is 358 g/mol. The summed E-state index contributed by atoms with van der Waals surface area (Å²) in [5.74, 6) is -0.308. The maximum atomic E-state index is 13.1. The summed E-state index contributed by atoms with van der Waals surface area (Å²) in [6, 6.07) is 1.43. The molecule has 0 bridgehead atoms. The average Bonchev–Trinajstić information content (AvgIpc) is 2.48. The summed E-state index contributed by atoms with van der Waals surface area (Å²) in [6.07, 6.45) is 0. The third-order valence-corrected chi connectivity index (χ3v) is 4.94. The summed E-state index contributed by atoms with van der Waals surface area (Å²) in [5, 5.41) is 3.86. The van der Waals surface area contributed by atoms with E-state index in [1.165, 1.54) is 6.07 Å². The molecule has 62 valence electrons. The summed E-state index contributed by atoms with van der Waals surface area (Å²) in [4.78, 5) is 0. The molecule has 0 N–H and O–H groups in total. The van der Waals surface area contributed by atoms with Crippen LogP contribution in [0.5, 0.6) is 0 Å². The van der Waals surface area contributed by atoms with Crippen LogP contribution >= 0.6 is 31.9 Å². The molecule has 0 radical (unpaired) electrons. The maximum absolute atomic E-state index is 13.1. The van der Waals surface area contributed by atoms with Gasteiger partial charge in [-0.25, -0.2) is 0 Å². The van der Waals surface area contributed by atoms with Gasteiger partial charge in [0.15, 0.2) is 0 Å². The minimum absolute atomic E-state index is 0.00954. The molecule has 0 aliphatic carbocycles. The van der Waals surface area contributed by atoms with Gasteiger partial charge in [0.1, 0.15) is 0 Å². The molecule has 6 heteroatoms. The Morgan fingerprint density at radius 1 is 1.42 bits per heavy atom. The van der Waals surface area contributed by atoms with E-state index >= 15 is 0 Å². The van der Waals surface area contributed by atoms with Crippen LogP contribution in [-0.2, 0) is 0 Å². The molecule has 1 heterocycles. The molecule has 1 aromatic carbocycles. The second-order valence-electron chi connectivity index (χ2n) is 2.10. The number of benzene rings is 1. The summed E-state index contributed by atoms with van der Waals surface area (Å²) in [6.45, 7) is 0. The van der Waals surface area contributed by atoms with Gasteiger partial charge in [-0.15, -0.1) is 0 Å². The van der Waals surface area contributed by atoms with E-state index in [9.17, 15) is 4.39 Å². The Morgan fingerprint density at radius 2 is 2.17 bits per heavy atom. The SMILES string of the molecule is Fc1cc(Br)c2[se]nnc2c1Br. The van der Waals surface area contributed by atoms with Crippen molar-refractivity contribution in [3.63, 3.8) is 0 Å². The van der Waals surface area contributed by atoms with E-state index in [0.29, 0.717) is 9.99 Å². The van der Waals surface area contributed by atoms with E-state index in [1.54, 1.807) is 0 Å². The molecule has 0 fully saturated rings. The molecule has 0 unspecified atom stereocenters. The molecular formula is C6HBr2FN2Se. The van der Waals surface area contributed by atoms with Gasteiger partial charge in [-0.05, 0) is 0 Å². The zero-order chi connectivity index (χ0) is 8.72. The van der Waals surface area contributed by atoms with Crippen LogP contribution in [0, 0.1) is 5.82 Å². The van der Waals surface area contributed by atoms with Gasteiger partial charge < -0.3 is 0 Å². The van der Waals surface area contributed by atoms with Gasteiger partial charge in [0.2, 0.25) is 0 Å². The van der Waals surface area contributed by atoms with Crippen LogP contribution in [0.4, 0.5) is 4.39 Å². The van der Waals surface area contributed by atoms with Crippen molar-refractivity contribution in [3.05, 3.63) is 20.8 Å². The van der Waals surface area contributed by atoms with Crippen molar-refractivity contribution in [1.82, 2.24) is 9.19 Å². The van der Waals surface area contributed by atoms with Crippen molar-refractivity contribution < 1.29 is 4.39 Å². The molecule has 0 atom stereocenters. The Balaban J connectivity index is 2.97. The van der Waals surface area contributed by atoms with Gasteiger partial charge in [0.05, 0.1) is 0 Å². The molecular weight excluding hydrogens is 358 g/mol. The Morgan fingerprint density at radius 3 is 2.92 bits per heavy atom. The van der Waals surface area contributed by atoms with Gasteiger partial charge in [-0.1, -0.05) is 0 Å². The standard InChI is InChI=1S/C6HBr2FN2Se/c7-2-1-3(9)4(8)5-6(2)12-11-10-5/h1H. The van der Waals surface area contributed by atoms with Gasteiger partial charge in [0.25, 0.3) is 0 Å². The number of fused-ring (bicyclic) bond motifs is 1. The fourth-order valence-electron chi connectivity index (χ4n) is 0.844. The number of halogens is 3. The summed E-state index contributed by atoms with van der Waals surface area (Å²) in [7, 11) is 0. The molecule has 0 aliphatic rings. The quantitative estimate of drug-likeness (QED) is 0.533. The number of hydrogen-bond donors (Lipinski definition) is 0. The van der Waals surface area contributed by atoms with E-state index in [-0.39, 0.29) is 20.5 Å². The van der Waals surface area contributed by atoms with E-state index in [4.69, 9.17) is 0 Å². The van der Waals surface area contributed by atoms with E-state index < -0.39 is 0 Å². The molecule has 0 amide bonds. The van der Waals surface area contributed by atoms with Gasteiger partial charge in [-0.3, -0.25) is 0 Å². The molecule has 0 saturated heterocycles. The third-order valence-electron chi connectivity index (χ3n) is 1.38. The second kappa shape index (κ2) is 3.18. The summed E-state index contributed by atoms with van der Waals surface area (Å²) < 4.78 is 19.1. The first-order valence-electron chi connectivity index (χ1n) is 2.95. The third kappa shape index (κ3) is 1.27. The molecule has 0 aliphatic heterocycles. The summed E-state index contributed by atoms with van der Waals surface area (Å²) >= 11 is 6.38. The van der Waals surface area contributed by atoms with Crippen molar-refractivity contribution in [2.24, 2.45) is 0 Å². The van der Waals surface area contributed by atoms with Crippen LogP contribution in [-0.4, -0.2) is 23.9 Å². The first-order valence-corrected chi connectivity index (χ1v) is 6.16. The van der Waals surface area contributed by atoms with E-state index in [1.807, 2.05) is 0 Å². The van der Waals surface area contributed by atoms with Crippen LogP contribution in [0.15, 0.2) is 15.0 Å². The summed E-state index contributed by atoms with van der Waals surface area (Å²) in [5.41, 5.74) is 0.627. The normalized spacial score (nSPS) is 10.9. The molecule has 12 heavy (non-hydrogen) atoms. The zero-order valence-electron chi connectivity index (χ0n) is 5.51. The van der Waals surface area contributed by atoms with E-state index in [2.05, 4.69) is 41.1 Å². The fraction of sp³-hybridized carbons (Fsp3) is 0. The van der Waals surface area contributed by atoms with Gasteiger partial charge >= 0.3 is 90.8 Å². The first kappa shape index (κ1) is 8.81. The Hall–Kier alpha value is 0.229. The topological polar surface area (TPSA) is 25.8 Å². The van der Waals surface area contributed by atoms with Crippen LogP contribution in [0.2, 0.25) is 0 Å². The zero-order valence-corrected chi connectivity index (χ0v) is 10.4. The number of hydrogen-bond acceptors (Lipinski definition) is 2. The van der Waals surface area contributed by atoms with E-state index in [0.717, 1.165) is 8.73 Å². The number of nitrogens with zero attached hydrogens (tertiary/aromatic N) is 2. The van der Waals surface area contributed by atoms with Gasteiger partial charge in [0, 0.05) is 0 Å². The molecule has 1 aromatic heterocycles. The Bertz CT molecular complexity index is 442. The van der Waals surface area contributed by atoms with Crippen molar-refractivity contribution >= 4 is 56.4 Å². The van der Waals surface area contributed by atoms with Crippen LogP contribution in [0.25, 0.3) is 9.78 Å². The average molecular weight is 359 g/mol. The Labute approximate surface area is 90.4 Å². The van der Waals surface area contributed by atoms with Gasteiger partial charge in [-0.2, -0.15) is 0 Å². The number of aromatic nitrogens is 2. The molecule has 0 spiro atoms. The van der Waals surface area contributed by atoms with Crippen LogP contribution < -0.4 is 0 Å². The number of rotatable bonds is 0. The molecule has 2 nitrogen and oxygen atoms in total. The molecule has 0 saturated carbocycles. The predicted molar refractivity (Wildman–Crippen MR) is 51.8 cm³/mol. The molecule has 2 aromatic rings. The molecule has 2 rings (SSSR count). The van der Waals surface area contributed by atoms with Crippen LogP contribution in [0.3, 0.4) is 0 Å². The Kier molecular flexibility index (Phi) is 2.33.